The van der Waals surface area contributed by atoms with Gasteiger partial charge in [0.2, 0.25) is 6.79 Å². The first-order valence-electron chi connectivity index (χ1n) is 8.61. The molecule has 2 aromatic rings. The Morgan fingerprint density at radius 1 is 1.11 bits per heavy atom. The van der Waals surface area contributed by atoms with Crippen molar-refractivity contribution in [2.24, 2.45) is 0 Å². The monoisotopic (exact) mass is 373 g/mol. The molecule has 6 nitrogen and oxygen atoms in total. The van der Waals surface area contributed by atoms with Crippen LogP contribution in [0.3, 0.4) is 0 Å². The van der Waals surface area contributed by atoms with E-state index in [0.717, 1.165) is 11.1 Å². The fourth-order valence-corrected chi connectivity index (χ4v) is 2.59. The lowest BCUT2D eigenvalue weighted by Gasteiger charge is -2.14. The zero-order valence-corrected chi connectivity index (χ0v) is 14.9. The third-order valence-corrected chi connectivity index (χ3v) is 4.11. The van der Waals surface area contributed by atoms with Crippen molar-refractivity contribution < 1.29 is 28.2 Å². The van der Waals surface area contributed by atoms with E-state index in [9.17, 15) is 14.0 Å². The zero-order chi connectivity index (χ0) is 19.2. The Bertz CT molecular complexity index is 822. The number of esters is 1. The molecule has 7 heteroatoms. The fraction of sp³-hybridized carbons (Fsp3) is 0.300. The molecule has 1 N–H and O–H groups in total. The van der Waals surface area contributed by atoms with Crippen LogP contribution >= 0.6 is 0 Å². The molecule has 1 heterocycles. The van der Waals surface area contributed by atoms with Gasteiger partial charge in [0.1, 0.15) is 5.82 Å². The number of hydrogen-bond acceptors (Lipinski definition) is 5. The second-order valence-corrected chi connectivity index (χ2v) is 6.16. The molecule has 1 atom stereocenters. The van der Waals surface area contributed by atoms with Gasteiger partial charge in [-0.15, -0.1) is 0 Å². The summed E-state index contributed by atoms with van der Waals surface area (Å²) in [6.07, 6.45) is -0.365. The summed E-state index contributed by atoms with van der Waals surface area (Å²) in [5, 5.41) is 2.72. The SMILES string of the molecule is C[C@@H](OC(=O)CCc1ccc(F)cc1)C(=O)NCc1ccc2c(c1)OCO2. The third-order valence-electron chi connectivity index (χ3n) is 4.11. The number of carbonyl (C=O) groups is 2. The smallest absolute Gasteiger partial charge is 0.306 e. The summed E-state index contributed by atoms with van der Waals surface area (Å²) in [5.74, 6) is 0.123. The van der Waals surface area contributed by atoms with Gasteiger partial charge in [0, 0.05) is 13.0 Å². The van der Waals surface area contributed by atoms with Crippen LogP contribution in [0, 0.1) is 5.82 Å². The highest BCUT2D eigenvalue weighted by atomic mass is 19.1. The Balaban J connectivity index is 1.41. The number of amides is 1. The Labute approximate surface area is 156 Å². The normalized spacial score (nSPS) is 13.1. The molecule has 2 aromatic carbocycles. The van der Waals surface area contributed by atoms with Crippen molar-refractivity contribution in [2.75, 3.05) is 6.79 Å². The van der Waals surface area contributed by atoms with Crippen molar-refractivity contribution in [3.05, 3.63) is 59.4 Å². The molecule has 1 aliphatic heterocycles. The number of benzene rings is 2. The van der Waals surface area contributed by atoms with Gasteiger partial charge in [-0.3, -0.25) is 9.59 Å². The Morgan fingerprint density at radius 3 is 2.59 bits per heavy atom. The predicted molar refractivity (Wildman–Crippen MR) is 94.7 cm³/mol. The number of carbonyl (C=O) groups excluding carboxylic acids is 2. The molecule has 0 unspecified atom stereocenters. The lowest BCUT2D eigenvalue weighted by molar-refractivity contribution is -0.154. The summed E-state index contributed by atoms with van der Waals surface area (Å²) >= 11 is 0. The van der Waals surface area contributed by atoms with Gasteiger partial charge in [-0.05, 0) is 48.7 Å². The molecular formula is C20H20FNO5. The van der Waals surface area contributed by atoms with E-state index in [1.165, 1.54) is 19.1 Å². The van der Waals surface area contributed by atoms with E-state index in [4.69, 9.17) is 14.2 Å². The number of aryl methyl sites for hydroxylation is 1. The van der Waals surface area contributed by atoms with Gasteiger partial charge in [0.25, 0.3) is 5.91 Å². The largest absolute Gasteiger partial charge is 0.454 e. The minimum Gasteiger partial charge on any atom is -0.454 e. The lowest BCUT2D eigenvalue weighted by Crippen LogP contribution is -2.35. The van der Waals surface area contributed by atoms with Crippen LogP contribution in [0.4, 0.5) is 4.39 Å². The zero-order valence-electron chi connectivity index (χ0n) is 14.9. The summed E-state index contributed by atoms with van der Waals surface area (Å²) in [6.45, 7) is 1.99. The molecule has 0 aliphatic carbocycles. The van der Waals surface area contributed by atoms with Gasteiger partial charge < -0.3 is 19.5 Å². The van der Waals surface area contributed by atoms with Crippen molar-refractivity contribution in [1.29, 1.82) is 0 Å². The second-order valence-electron chi connectivity index (χ2n) is 6.16. The molecule has 0 bridgehead atoms. The number of halogens is 1. The summed E-state index contributed by atoms with van der Waals surface area (Å²) in [5.41, 5.74) is 1.68. The molecule has 1 amide bonds. The van der Waals surface area contributed by atoms with Crippen molar-refractivity contribution in [3.63, 3.8) is 0 Å². The minimum absolute atomic E-state index is 0.116. The summed E-state index contributed by atoms with van der Waals surface area (Å²) in [4.78, 5) is 24.0. The van der Waals surface area contributed by atoms with Gasteiger partial charge >= 0.3 is 5.97 Å². The average molecular weight is 373 g/mol. The molecular weight excluding hydrogens is 353 g/mol. The summed E-state index contributed by atoms with van der Waals surface area (Å²) in [6, 6.07) is 11.3. The average Bonchev–Trinajstić information content (AvgIpc) is 3.13. The molecule has 0 aromatic heterocycles. The molecule has 0 saturated carbocycles. The standard InChI is InChI=1S/C20H20FNO5/c1-13(27-19(23)9-5-14-2-6-16(21)7-3-14)20(24)22-11-15-4-8-17-18(10-15)26-12-25-17/h2-4,6-8,10,13H,5,9,11-12H2,1H3,(H,22,24)/t13-/m1/s1. The molecule has 27 heavy (non-hydrogen) atoms. The van der Waals surface area contributed by atoms with E-state index in [2.05, 4.69) is 5.32 Å². The second kappa shape index (κ2) is 8.53. The van der Waals surface area contributed by atoms with E-state index >= 15 is 0 Å². The topological polar surface area (TPSA) is 73.9 Å². The Morgan fingerprint density at radius 2 is 1.81 bits per heavy atom. The van der Waals surface area contributed by atoms with Crippen LogP contribution in [0.2, 0.25) is 0 Å². The molecule has 0 spiro atoms. The predicted octanol–water partition coefficient (Wildman–Crippen LogP) is 2.74. The highest BCUT2D eigenvalue weighted by Crippen LogP contribution is 2.32. The van der Waals surface area contributed by atoms with Gasteiger partial charge in [0.05, 0.1) is 0 Å². The van der Waals surface area contributed by atoms with E-state index < -0.39 is 12.1 Å². The van der Waals surface area contributed by atoms with Crippen molar-refractivity contribution in [2.45, 2.75) is 32.4 Å². The van der Waals surface area contributed by atoms with Crippen LogP contribution in [-0.4, -0.2) is 24.8 Å². The van der Waals surface area contributed by atoms with Gasteiger partial charge in [-0.25, -0.2) is 4.39 Å². The maximum absolute atomic E-state index is 12.9. The maximum Gasteiger partial charge on any atom is 0.306 e. The Hall–Kier alpha value is -3.09. The summed E-state index contributed by atoms with van der Waals surface area (Å²) in [7, 11) is 0. The summed E-state index contributed by atoms with van der Waals surface area (Å²) < 4.78 is 28.5. The quantitative estimate of drug-likeness (QED) is 0.756. The molecule has 3 rings (SSSR count). The number of ether oxygens (including phenoxy) is 3. The third kappa shape index (κ3) is 5.20. The number of nitrogens with one attached hydrogen (secondary N) is 1. The van der Waals surface area contributed by atoms with Gasteiger partial charge in [-0.2, -0.15) is 0 Å². The Kier molecular flexibility index (Phi) is 5.90. The highest BCUT2D eigenvalue weighted by Gasteiger charge is 2.18. The van der Waals surface area contributed by atoms with Crippen molar-refractivity contribution in [1.82, 2.24) is 5.32 Å². The fourth-order valence-electron chi connectivity index (χ4n) is 2.59. The van der Waals surface area contributed by atoms with Crippen molar-refractivity contribution in [3.8, 4) is 11.5 Å². The minimum atomic E-state index is -0.903. The molecule has 0 saturated heterocycles. The number of fused-ring (bicyclic) bond motifs is 1. The molecule has 0 radical (unpaired) electrons. The molecule has 142 valence electrons. The van der Waals surface area contributed by atoms with E-state index in [1.54, 1.807) is 24.3 Å². The first-order chi connectivity index (χ1) is 13.0. The number of hydrogen-bond donors (Lipinski definition) is 1. The van der Waals surface area contributed by atoms with E-state index in [1.807, 2.05) is 6.07 Å². The van der Waals surface area contributed by atoms with Crippen LogP contribution < -0.4 is 14.8 Å². The van der Waals surface area contributed by atoms with Gasteiger partial charge in [-0.1, -0.05) is 18.2 Å². The number of rotatable bonds is 7. The molecule has 1 aliphatic rings. The first kappa shape index (κ1) is 18.7. The van der Waals surface area contributed by atoms with E-state index in [0.29, 0.717) is 17.9 Å². The maximum atomic E-state index is 12.9. The lowest BCUT2D eigenvalue weighted by atomic mass is 10.1. The van der Waals surface area contributed by atoms with E-state index in [-0.39, 0.29) is 31.5 Å². The highest BCUT2D eigenvalue weighted by molar-refractivity contribution is 5.83. The van der Waals surface area contributed by atoms with Crippen LogP contribution in [0.5, 0.6) is 11.5 Å². The van der Waals surface area contributed by atoms with Crippen LogP contribution in [0.1, 0.15) is 24.5 Å². The van der Waals surface area contributed by atoms with Crippen LogP contribution in [0.25, 0.3) is 0 Å². The van der Waals surface area contributed by atoms with Gasteiger partial charge in [0.15, 0.2) is 17.6 Å². The first-order valence-corrected chi connectivity index (χ1v) is 8.61. The molecule has 0 fully saturated rings. The van der Waals surface area contributed by atoms with Crippen LogP contribution in [0.15, 0.2) is 42.5 Å². The van der Waals surface area contributed by atoms with Crippen molar-refractivity contribution >= 4 is 11.9 Å². The van der Waals surface area contributed by atoms with Crippen LogP contribution in [-0.2, 0) is 27.3 Å².